The van der Waals surface area contributed by atoms with E-state index in [0.29, 0.717) is 0 Å². The van der Waals surface area contributed by atoms with Crippen molar-refractivity contribution in [3.8, 4) is 0 Å². The first-order chi connectivity index (χ1) is 7.43. The fourth-order valence-corrected chi connectivity index (χ4v) is 2.52. The molecule has 2 heteroatoms. The molecule has 2 aliphatic rings. The summed E-state index contributed by atoms with van der Waals surface area (Å²) in [5, 5.41) is 1.09. The number of thiazole rings is 1. The fourth-order valence-electron chi connectivity index (χ4n) is 1.60. The molecule has 0 spiro atoms. The second-order valence-corrected chi connectivity index (χ2v) is 4.41. The number of rotatable bonds is 2. The van der Waals surface area contributed by atoms with E-state index in [1.807, 2.05) is 19.0 Å². The van der Waals surface area contributed by atoms with Gasteiger partial charge in [-0.2, -0.15) is 0 Å². The molecule has 0 aromatic carbocycles. The van der Waals surface area contributed by atoms with Crippen LogP contribution >= 0.6 is 11.3 Å². The number of hydrogen-bond donors (Lipinski definition) is 0. The van der Waals surface area contributed by atoms with E-state index in [2.05, 4.69) is 43.5 Å². The molecule has 0 saturated heterocycles. The van der Waals surface area contributed by atoms with Crippen LogP contribution in [0.15, 0.2) is 6.20 Å². The molecule has 0 unspecified atom stereocenters. The average Bonchev–Trinajstić information content (AvgIpc) is 3.02. The Hall–Kier alpha value is -0.370. The van der Waals surface area contributed by atoms with Crippen LogP contribution in [0.3, 0.4) is 0 Å². The van der Waals surface area contributed by atoms with Gasteiger partial charge in [0.05, 0.1) is 0 Å². The van der Waals surface area contributed by atoms with Crippen molar-refractivity contribution in [2.24, 2.45) is 0 Å². The first-order valence-electron chi connectivity index (χ1n) is 4.83. The maximum atomic E-state index is 4.43. The van der Waals surface area contributed by atoms with E-state index in [4.69, 9.17) is 0 Å². The van der Waals surface area contributed by atoms with Crippen LogP contribution in [0.1, 0.15) is 9.88 Å². The van der Waals surface area contributed by atoms with Gasteiger partial charge in [-0.3, -0.25) is 0 Å². The largest absolute Gasteiger partial charge is 0.249 e. The van der Waals surface area contributed by atoms with Gasteiger partial charge in [0.1, 0.15) is 5.01 Å². The minimum Gasteiger partial charge on any atom is -0.249 e. The van der Waals surface area contributed by atoms with Crippen molar-refractivity contribution in [1.82, 2.24) is 4.98 Å². The van der Waals surface area contributed by atoms with Crippen LogP contribution in [0, 0.1) is 63.2 Å². The van der Waals surface area contributed by atoms with Crippen LogP contribution in [0.4, 0.5) is 0 Å². The molecule has 2 aliphatic carbocycles. The highest BCUT2D eigenvalue weighted by molar-refractivity contribution is 7.12. The number of nitrogens with zero attached hydrogens (tertiary/aromatic N) is 1. The van der Waals surface area contributed by atoms with Gasteiger partial charge in [-0.1, -0.05) is 0 Å². The van der Waals surface area contributed by atoms with Crippen LogP contribution < -0.4 is 0 Å². The normalized spacial score (nSPS) is 24.0. The maximum Gasteiger partial charge on any atom is 0.101 e. The molecule has 0 aliphatic heterocycles. The summed E-state index contributed by atoms with van der Waals surface area (Å²) in [4.78, 5) is 5.67. The molecule has 0 amide bonds. The summed E-state index contributed by atoms with van der Waals surface area (Å²) in [7, 11) is 0. The van der Waals surface area contributed by atoms with Crippen molar-refractivity contribution in [3.05, 3.63) is 79.3 Å². The van der Waals surface area contributed by atoms with Crippen LogP contribution in [-0.2, 0) is 0 Å². The Morgan fingerprint density at radius 3 is 2.07 bits per heavy atom. The Morgan fingerprint density at radius 1 is 0.800 bits per heavy atom. The third kappa shape index (κ3) is 1.96. The lowest BCUT2D eigenvalue weighted by Gasteiger charge is -2.03. The monoisotopic (exact) mass is 211 g/mol. The van der Waals surface area contributed by atoms with E-state index in [0.717, 1.165) is 5.01 Å². The zero-order chi connectivity index (χ0) is 10.1. The van der Waals surface area contributed by atoms with E-state index in [-0.39, 0.29) is 0 Å². The number of aromatic nitrogens is 1. The third-order valence-corrected chi connectivity index (χ3v) is 3.46. The number of hydrogen-bond acceptors (Lipinski definition) is 2. The van der Waals surface area contributed by atoms with Crippen LogP contribution in [0.5, 0.6) is 0 Å². The molecule has 0 atom stereocenters. The van der Waals surface area contributed by atoms with E-state index >= 15 is 0 Å². The molecule has 3 rings (SSSR count). The molecular weight excluding hydrogens is 202 g/mol. The molecule has 1 aromatic heterocycles. The smallest absolute Gasteiger partial charge is 0.101 e. The van der Waals surface area contributed by atoms with Gasteiger partial charge in [0, 0.05) is 22.9 Å². The summed E-state index contributed by atoms with van der Waals surface area (Å²) in [6.45, 7) is 0. The molecule has 1 aromatic rings. The Morgan fingerprint density at radius 2 is 1.40 bits per heavy atom. The second kappa shape index (κ2) is 4.25. The van der Waals surface area contributed by atoms with Gasteiger partial charge in [0.15, 0.2) is 0 Å². The molecular formula is C13H9NS. The van der Waals surface area contributed by atoms with Crippen LogP contribution in [0.25, 0.3) is 0 Å². The SMILES string of the molecule is [CH]1[CH][CH][C](c2cnc([C]3[CH][CH][CH][CH]3)s2)[CH]1. The van der Waals surface area contributed by atoms with E-state index in [9.17, 15) is 0 Å². The molecule has 10 radical (unpaired) electrons. The van der Waals surface area contributed by atoms with E-state index < -0.39 is 0 Å². The first kappa shape index (κ1) is 9.83. The van der Waals surface area contributed by atoms with Gasteiger partial charge >= 0.3 is 0 Å². The fraction of sp³-hybridized carbons (Fsp3) is 0. The first-order valence-corrected chi connectivity index (χ1v) is 5.65. The minimum atomic E-state index is 1.09. The van der Waals surface area contributed by atoms with Crippen LogP contribution in [-0.4, -0.2) is 4.98 Å². The molecule has 0 bridgehead atoms. The van der Waals surface area contributed by atoms with Crippen LogP contribution in [0.2, 0.25) is 0 Å². The molecule has 2 saturated carbocycles. The molecule has 1 heterocycles. The van der Waals surface area contributed by atoms with E-state index in [1.165, 1.54) is 16.7 Å². The predicted octanol–water partition coefficient (Wildman–Crippen LogP) is 2.65. The lowest BCUT2D eigenvalue weighted by molar-refractivity contribution is 1.20. The second-order valence-electron chi connectivity index (χ2n) is 3.38. The lowest BCUT2D eigenvalue weighted by Crippen LogP contribution is -1.92. The van der Waals surface area contributed by atoms with Gasteiger partial charge in [-0.05, 0) is 51.4 Å². The van der Waals surface area contributed by atoms with Crippen molar-refractivity contribution in [2.75, 3.05) is 0 Å². The van der Waals surface area contributed by atoms with Crippen molar-refractivity contribution < 1.29 is 0 Å². The summed E-state index contributed by atoms with van der Waals surface area (Å²) in [6, 6.07) is 0. The minimum absolute atomic E-state index is 1.09. The standard InChI is InChI=1S/C13H9NS/c1-2-6-10(5-1)12-9-14-13(15-12)11-7-3-4-8-11/h1-9H. The Labute approximate surface area is 95.9 Å². The summed E-state index contributed by atoms with van der Waals surface area (Å²) in [5.74, 6) is 2.46. The highest BCUT2D eigenvalue weighted by atomic mass is 32.1. The highest BCUT2D eigenvalue weighted by Crippen LogP contribution is 2.38. The Kier molecular flexibility index (Phi) is 2.78. The highest BCUT2D eigenvalue weighted by Gasteiger charge is 2.25. The van der Waals surface area contributed by atoms with Gasteiger partial charge in [-0.15, -0.1) is 11.3 Å². The molecule has 0 N–H and O–H groups in total. The van der Waals surface area contributed by atoms with Crippen molar-refractivity contribution in [1.29, 1.82) is 0 Å². The van der Waals surface area contributed by atoms with E-state index in [1.54, 1.807) is 11.3 Å². The Bertz CT molecular complexity index is 289. The molecule has 1 nitrogen and oxygen atoms in total. The van der Waals surface area contributed by atoms with Gasteiger partial charge in [0.25, 0.3) is 0 Å². The zero-order valence-corrected chi connectivity index (χ0v) is 8.87. The summed E-state index contributed by atoms with van der Waals surface area (Å²) < 4.78 is 0. The summed E-state index contributed by atoms with van der Waals surface area (Å²) in [5.41, 5.74) is 0. The Balaban J connectivity index is 1.74. The lowest BCUT2D eigenvalue weighted by atomic mass is 10.1. The maximum absolute atomic E-state index is 4.43. The zero-order valence-electron chi connectivity index (χ0n) is 8.05. The third-order valence-electron chi connectivity index (χ3n) is 2.36. The van der Waals surface area contributed by atoms with Crippen molar-refractivity contribution >= 4 is 11.3 Å². The quantitative estimate of drug-likeness (QED) is 0.733. The van der Waals surface area contributed by atoms with Gasteiger partial charge < -0.3 is 0 Å². The van der Waals surface area contributed by atoms with Gasteiger partial charge in [-0.25, -0.2) is 4.98 Å². The topological polar surface area (TPSA) is 12.9 Å². The molecule has 15 heavy (non-hydrogen) atoms. The van der Waals surface area contributed by atoms with Gasteiger partial charge in [0.2, 0.25) is 0 Å². The molecule has 72 valence electrons. The summed E-state index contributed by atoms with van der Waals surface area (Å²) in [6.07, 6.45) is 18.5. The molecule has 2 fully saturated rings. The summed E-state index contributed by atoms with van der Waals surface area (Å²) >= 11 is 1.74. The predicted molar refractivity (Wildman–Crippen MR) is 61.2 cm³/mol. The van der Waals surface area contributed by atoms with Crippen molar-refractivity contribution in [2.45, 2.75) is 0 Å². The van der Waals surface area contributed by atoms with Crippen molar-refractivity contribution in [3.63, 3.8) is 0 Å². The average molecular weight is 211 g/mol.